The molecule has 0 unspecified atom stereocenters. The molecule has 0 saturated heterocycles. The number of benzene rings is 2. The van der Waals surface area contributed by atoms with E-state index in [1.165, 1.54) is 5.56 Å². The largest absolute Gasteiger partial charge is 0.508 e. The van der Waals surface area contributed by atoms with Crippen LogP contribution in [0.1, 0.15) is 18.1 Å². The second-order valence-electron chi connectivity index (χ2n) is 4.70. The Balaban J connectivity index is 1.96. The molecular weight excluding hydrogens is 262 g/mol. The topological polar surface area (TPSA) is 56.7 Å². The Morgan fingerprint density at radius 3 is 2.48 bits per heavy atom. The van der Waals surface area contributed by atoms with Crippen molar-refractivity contribution in [2.24, 2.45) is 4.99 Å². The summed E-state index contributed by atoms with van der Waals surface area (Å²) in [5.41, 5.74) is 2.19. The van der Waals surface area contributed by atoms with Gasteiger partial charge in [0.05, 0.1) is 6.54 Å². The number of aliphatic imine (C=N–C) groups is 1. The molecule has 4 heteroatoms. The van der Waals surface area contributed by atoms with E-state index in [-0.39, 0.29) is 5.75 Å². The van der Waals surface area contributed by atoms with Crippen LogP contribution < -0.4 is 10.6 Å². The zero-order chi connectivity index (χ0) is 14.9. The molecule has 0 bridgehead atoms. The van der Waals surface area contributed by atoms with Crippen molar-refractivity contribution in [3.05, 3.63) is 65.7 Å². The van der Waals surface area contributed by atoms with Gasteiger partial charge < -0.3 is 15.7 Å². The third-order valence-electron chi connectivity index (χ3n) is 2.98. The molecule has 0 aliphatic carbocycles. The quantitative estimate of drug-likeness (QED) is 0.584. The Hall–Kier alpha value is -2.49. The van der Waals surface area contributed by atoms with Crippen LogP contribution in [0.4, 0.5) is 0 Å². The maximum absolute atomic E-state index is 9.45. The van der Waals surface area contributed by atoms with Gasteiger partial charge in [-0.05, 0) is 30.2 Å². The van der Waals surface area contributed by atoms with Gasteiger partial charge in [-0.15, -0.1) is 0 Å². The molecule has 2 aromatic rings. The van der Waals surface area contributed by atoms with Gasteiger partial charge in [0.1, 0.15) is 5.75 Å². The summed E-state index contributed by atoms with van der Waals surface area (Å²) in [6.07, 6.45) is 0. The molecule has 0 atom stereocenters. The monoisotopic (exact) mass is 283 g/mol. The van der Waals surface area contributed by atoms with Gasteiger partial charge in [-0.25, -0.2) is 4.99 Å². The van der Waals surface area contributed by atoms with E-state index in [4.69, 9.17) is 0 Å². The summed E-state index contributed by atoms with van der Waals surface area (Å²) in [6.45, 7) is 4.10. The lowest BCUT2D eigenvalue weighted by molar-refractivity contribution is 0.474. The highest BCUT2D eigenvalue weighted by Crippen LogP contribution is 2.11. The minimum atomic E-state index is 0.268. The van der Waals surface area contributed by atoms with Crippen LogP contribution in [0, 0.1) is 0 Å². The van der Waals surface area contributed by atoms with Crippen molar-refractivity contribution >= 4 is 5.96 Å². The summed E-state index contributed by atoms with van der Waals surface area (Å²) in [6, 6.07) is 17.4. The normalized spacial score (nSPS) is 11.2. The molecule has 21 heavy (non-hydrogen) atoms. The van der Waals surface area contributed by atoms with E-state index in [0.29, 0.717) is 6.54 Å². The van der Waals surface area contributed by atoms with Crippen molar-refractivity contribution in [2.45, 2.75) is 20.0 Å². The van der Waals surface area contributed by atoms with Crippen molar-refractivity contribution in [3.63, 3.8) is 0 Å². The average molecular weight is 283 g/mol. The first kappa shape index (κ1) is 14.9. The van der Waals surface area contributed by atoms with E-state index in [2.05, 4.69) is 27.8 Å². The molecule has 110 valence electrons. The highest BCUT2D eigenvalue weighted by molar-refractivity contribution is 5.79. The number of phenolic OH excluding ortho intramolecular Hbond substituents is 1. The van der Waals surface area contributed by atoms with Gasteiger partial charge in [-0.3, -0.25) is 0 Å². The zero-order valence-corrected chi connectivity index (χ0v) is 12.2. The minimum Gasteiger partial charge on any atom is -0.508 e. The number of nitrogens with one attached hydrogen (secondary N) is 2. The number of hydrogen-bond acceptors (Lipinski definition) is 2. The smallest absolute Gasteiger partial charge is 0.191 e. The molecule has 0 radical (unpaired) electrons. The minimum absolute atomic E-state index is 0.268. The van der Waals surface area contributed by atoms with E-state index in [1.807, 2.05) is 37.3 Å². The molecule has 0 spiro atoms. The van der Waals surface area contributed by atoms with Gasteiger partial charge in [-0.2, -0.15) is 0 Å². The predicted octanol–water partition coefficient (Wildman–Crippen LogP) is 2.65. The molecule has 0 saturated carbocycles. The molecule has 0 aliphatic heterocycles. The third-order valence-corrected chi connectivity index (χ3v) is 2.98. The van der Waals surface area contributed by atoms with Crippen LogP contribution in [0.5, 0.6) is 5.75 Å². The lowest BCUT2D eigenvalue weighted by Gasteiger charge is -2.11. The van der Waals surface area contributed by atoms with Gasteiger partial charge in [-0.1, -0.05) is 42.5 Å². The molecule has 0 amide bonds. The lowest BCUT2D eigenvalue weighted by Crippen LogP contribution is -2.36. The summed E-state index contributed by atoms with van der Waals surface area (Å²) in [5, 5.41) is 16.0. The summed E-state index contributed by atoms with van der Waals surface area (Å²) < 4.78 is 0. The van der Waals surface area contributed by atoms with Gasteiger partial charge >= 0.3 is 0 Å². The van der Waals surface area contributed by atoms with Crippen LogP contribution in [0.15, 0.2) is 59.6 Å². The van der Waals surface area contributed by atoms with Gasteiger partial charge in [0.25, 0.3) is 0 Å². The number of hydrogen-bond donors (Lipinski definition) is 3. The Kier molecular flexibility index (Phi) is 5.64. The lowest BCUT2D eigenvalue weighted by atomic mass is 10.2. The fourth-order valence-corrected chi connectivity index (χ4v) is 1.95. The van der Waals surface area contributed by atoms with E-state index >= 15 is 0 Å². The maximum atomic E-state index is 9.45. The molecule has 3 N–H and O–H groups in total. The van der Waals surface area contributed by atoms with E-state index < -0.39 is 0 Å². The second kappa shape index (κ2) is 7.94. The molecular formula is C17H21N3O. The van der Waals surface area contributed by atoms with Crippen molar-refractivity contribution in [1.29, 1.82) is 0 Å². The Morgan fingerprint density at radius 1 is 1.00 bits per heavy atom. The number of rotatable bonds is 5. The number of guanidine groups is 1. The summed E-state index contributed by atoms with van der Waals surface area (Å²) in [7, 11) is 0. The standard InChI is InChI=1S/C17H21N3O/c1-2-18-17(19-12-14-7-4-3-5-8-14)20-13-15-9-6-10-16(21)11-15/h3-11,21H,2,12-13H2,1H3,(H2,18,19,20). The van der Waals surface area contributed by atoms with Crippen LogP contribution in [0.3, 0.4) is 0 Å². The Labute approximate surface area is 125 Å². The van der Waals surface area contributed by atoms with E-state index in [9.17, 15) is 5.11 Å². The van der Waals surface area contributed by atoms with Crippen molar-refractivity contribution in [3.8, 4) is 5.75 Å². The molecule has 0 aromatic heterocycles. The van der Waals surface area contributed by atoms with E-state index in [0.717, 1.165) is 24.6 Å². The van der Waals surface area contributed by atoms with Crippen LogP contribution in [0.2, 0.25) is 0 Å². The first-order valence-corrected chi connectivity index (χ1v) is 7.12. The number of nitrogens with zero attached hydrogens (tertiary/aromatic N) is 1. The summed E-state index contributed by atoms with van der Waals surface area (Å²) >= 11 is 0. The highest BCUT2D eigenvalue weighted by Gasteiger charge is 1.99. The number of aromatic hydroxyl groups is 1. The maximum Gasteiger partial charge on any atom is 0.191 e. The van der Waals surface area contributed by atoms with Crippen LogP contribution in [-0.4, -0.2) is 17.6 Å². The molecule has 0 fully saturated rings. The van der Waals surface area contributed by atoms with Crippen LogP contribution in [-0.2, 0) is 13.1 Å². The molecule has 2 rings (SSSR count). The van der Waals surface area contributed by atoms with Gasteiger partial charge in [0.15, 0.2) is 5.96 Å². The molecule has 0 aliphatic rings. The van der Waals surface area contributed by atoms with E-state index in [1.54, 1.807) is 12.1 Å². The summed E-state index contributed by atoms with van der Waals surface area (Å²) in [5.74, 6) is 1.04. The summed E-state index contributed by atoms with van der Waals surface area (Å²) in [4.78, 5) is 4.52. The fourth-order valence-electron chi connectivity index (χ4n) is 1.95. The Morgan fingerprint density at radius 2 is 1.76 bits per heavy atom. The highest BCUT2D eigenvalue weighted by atomic mass is 16.3. The van der Waals surface area contributed by atoms with Crippen LogP contribution in [0.25, 0.3) is 0 Å². The zero-order valence-electron chi connectivity index (χ0n) is 12.2. The third kappa shape index (κ3) is 5.18. The van der Waals surface area contributed by atoms with Gasteiger partial charge in [0, 0.05) is 13.1 Å². The second-order valence-corrected chi connectivity index (χ2v) is 4.70. The van der Waals surface area contributed by atoms with Crippen molar-refractivity contribution in [1.82, 2.24) is 10.6 Å². The predicted molar refractivity (Wildman–Crippen MR) is 86.2 cm³/mol. The first-order valence-electron chi connectivity index (χ1n) is 7.12. The van der Waals surface area contributed by atoms with Crippen molar-refractivity contribution in [2.75, 3.05) is 6.54 Å². The average Bonchev–Trinajstić information content (AvgIpc) is 2.51. The SMILES string of the molecule is CCNC(=NCc1cccc(O)c1)NCc1ccccc1. The number of phenols is 1. The molecule has 4 nitrogen and oxygen atoms in total. The molecule has 2 aromatic carbocycles. The van der Waals surface area contributed by atoms with Crippen LogP contribution >= 0.6 is 0 Å². The first-order chi connectivity index (χ1) is 10.3. The Bertz CT molecular complexity index is 582. The molecule has 0 heterocycles. The van der Waals surface area contributed by atoms with Crippen molar-refractivity contribution < 1.29 is 5.11 Å². The fraction of sp³-hybridized carbons (Fsp3) is 0.235. The van der Waals surface area contributed by atoms with Gasteiger partial charge in [0.2, 0.25) is 0 Å².